The van der Waals surface area contributed by atoms with Crippen molar-refractivity contribution in [2.45, 2.75) is 32.8 Å². The second kappa shape index (κ2) is 7.65. The summed E-state index contributed by atoms with van der Waals surface area (Å²) in [6.45, 7) is 4.26. The van der Waals surface area contributed by atoms with Crippen LogP contribution in [0, 0.1) is 5.92 Å². The van der Waals surface area contributed by atoms with Gasteiger partial charge in [0.2, 0.25) is 5.91 Å². The van der Waals surface area contributed by atoms with Crippen molar-refractivity contribution in [3.05, 3.63) is 35.4 Å². The second-order valence-corrected chi connectivity index (χ2v) is 4.80. The molecule has 0 saturated carbocycles. The monoisotopic (exact) mass is 278 g/mol. The topological polar surface area (TPSA) is 92.4 Å². The summed E-state index contributed by atoms with van der Waals surface area (Å²) in [5.41, 5.74) is 5.93. The van der Waals surface area contributed by atoms with Gasteiger partial charge in [0, 0.05) is 17.7 Å². The number of carbonyl (C=O) groups is 2. The van der Waals surface area contributed by atoms with E-state index in [-0.39, 0.29) is 18.4 Å². The van der Waals surface area contributed by atoms with E-state index in [0.29, 0.717) is 11.1 Å². The highest BCUT2D eigenvalue weighted by atomic mass is 16.3. The van der Waals surface area contributed by atoms with Gasteiger partial charge in [0.15, 0.2) is 0 Å². The van der Waals surface area contributed by atoms with Crippen LogP contribution >= 0.6 is 0 Å². The molecule has 20 heavy (non-hydrogen) atoms. The number of nitrogens with one attached hydrogen (secondary N) is 1. The third-order valence-electron chi connectivity index (χ3n) is 3.50. The normalized spacial score (nSPS) is 12.2. The molecular weight excluding hydrogens is 256 g/mol. The molecule has 5 nitrogen and oxygen atoms in total. The first-order valence-corrected chi connectivity index (χ1v) is 6.85. The fraction of sp³-hybridized carbons (Fsp3) is 0.467. The lowest BCUT2D eigenvalue weighted by molar-refractivity contribution is 0.0816. The zero-order valence-corrected chi connectivity index (χ0v) is 11.9. The maximum absolute atomic E-state index is 11.9. The Labute approximate surface area is 119 Å². The molecule has 0 bridgehead atoms. The molecular formula is C15H22N2O3. The van der Waals surface area contributed by atoms with E-state index in [4.69, 9.17) is 5.73 Å². The van der Waals surface area contributed by atoms with Crippen molar-refractivity contribution < 1.29 is 14.7 Å². The molecule has 4 N–H and O–H groups in total. The fourth-order valence-corrected chi connectivity index (χ4v) is 2.08. The molecule has 0 aliphatic rings. The number of benzene rings is 1. The number of nitrogens with two attached hydrogens (primary N) is 1. The van der Waals surface area contributed by atoms with Crippen LogP contribution in [-0.2, 0) is 0 Å². The summed E-state index contributed by atoms with van der Waals surface area (Å²) >= 11 is 0. The van der Waals surface area contributed by atoms with Crippen molar-refractivity contribution in [3.8, 4) is 0 Å². The third-order valence-corrected chi connectivity index (χ3v) is 3.50. The van der Waals surface area contributed by atoms with Gasteiger partial charge in [0.05, 0.1) is 6.10 Å². The summed E-state index contributed by atoms with van der Waals surface area (Å²) in [4.78, 5) is 22.8. The molecule has 0 radical (unpaired) electrons. The molecule has 0 aromatic heterocycles. The minimum absolute atomic E-state index is 0.188. The lowest BCUT2D eigenvalue weighted by Crippen LogP contribution is -2.36. The molecule has 110 valence electrons. The van der Waals surface area contributed by atoms with Gasteiger partial charge in [-0.1, -0.05) is 26.7 Å². The Balaban J connectivity index is 2.56. The average molecular weight is 278 g/mol. The van der Waals surface area contributed by atoms with Crippen molar-refractivity contribution in [1.29, 1.82) is 0 Å². The van der Waals surface area contributed by atoms with Gasteiger partial charge in [-0.3, -0.25) is 9.59 Å². The number of amides is 2. The maximum Gasteiger partial charge on any atom is 0.251 e. The van der Waals surface area contributed by atoms with E-state index < -0.39 is 12.0 Å². The average Bonchev–Trinajstić information content (AvgIpc) is 2.46. The Hall–Kier alpha value is -1.88. The Morgan fingerprint density at radius 3 is 2.10 bits per heavy atom. The molecule has 0 aliphatic carbocycles. The van der Waals surface area contributed by atoms with Gasteiger partial charge in [0.1, 0.15) is 0 Å². The van der Waals surface area contributed by atoms with Crippen LogP contribution in [0.15, 0.2) is 24.3 Å². The van der Waals surface area contributed by atoms with Crippen molar-refractivity contribution >= 4 is 11.8 Å². The van der Waals surface area contributed by atoms with Crippen LogP contribution in [-0.4, -0.2) is 29.6 Å². The molecule has 2 amide bonds. The summed E-state index contributed by atoms with van der Waals surface area (Å²) in [5, 5.41) is 12.6. The number of aliphatic hydroxyl groups excluding tert-OH is 1. The number of hydrogen-bond acceptors (Lipinski definition) is 3. The first-order chi connectivity index (χ1) is 9.49. The van der Waals surface area contributed by atoms with Crippen LogP contribution in [0.2, 0.25) is 0 Å². The quantitative estimate of drug-likeness (QED) is 0.702. The SMILES string of the molecule is CCC(CC)C(O)CNC(=O)c1ccc(C(N)=O)cc1. The van der Waals surface area contributed by atoms with E-state index in [1.54, 1.807) is 12.1 Å². The molecule has 1 unspecified atom stereocenters. The molecule has 0 saturated heterocycles. The minimum atomic E-state index is -0.543. The zero-order valence-electron chi connectivity index (χ0n) is 11.9. The highest BCUT2D eigenvalue weighted by molar-refractivity contribution is 5.97. The largest absolute Gasteiger partial charge is 0.391 e. The lowest BCUT2D eigenvalue weighted by Gasteiger charge is -2.20. The van der Waals surface area contributed by atoms with E-state index in [2.05, 4.69) is 5.32 Å². The van der Waals surface area contributed by atoms with Crippen LogP contribution < -0.4 is 11.1 Å². The zero-order chi connectivity index (χ0) is 15.1. The number of hydrogen-bond donors (Lipinski definition) is 3. The summed E-state index contributed by atoms with van der Waals surface area (Å²) < 4.78 is 0. The molecule has 0 fully saturated rings. The Bertz CT molecular complexity index is 453. The van der Waals surface area contributed by atoms with E-state index in [1.807, 2.05) is 13.8 Å². The number of aliphatic hydroxyl groups is 1. The van der Waals surface area contributed by atoms with Gasteiger partial charge in [0.25, 0.3) is 5.91 Å². The Kier molecular flexibility index (Phi) is 6.18. The number of carbonyl (C=O) groups excluding carboxylic acids is 2. The van der Waals surface area contributed by atoms with Gasteiger partial charge in [-0.2, -0.15) is 0 Å². The highest BCUT2D eigenvalue weighted by Crippen LogP contribution is 2.12. The second-order valence-electron chi connectivity index (χ2n) is 4.80. The van der Waals surface area contributed by atoms with E-state index in [9.17, 15) is 14.7 Å². The van der Waals surface area contributed by atoms with Crippen LogP contribution in [0.4, 0.5) is 0 Å². The minimum Gasteiger partial charge on any atom is -0.391 e. The maximum atomic E-state index is 11.9. The Morgan fingerprint density at radius 2 is 1.65 bits per heavy atom. The smallest absolute Gasteiger partial charge is 0.251 e. The first kappa shape index (κ1) is 16.2. The summed E-state index contributed by atoms with van der Waals surface area (Å²) in [7, 11) is 0. The van der Waals surface area contributed by atoms with Gasteiger partial charge in [-0.05, 0) is 30.2 Å². The van der Waals surface area contributed by atoms with Gasteiger partial charge >= 0.3 is 0 Å². The van der Waals surface area contributed by atoms with Crippen LogP contribution in [0.3, 0.4) is 0 Å². The molecule has 1 aromatic rings. The van der Waals surface area contributed by atoms with E-state index >= 15 is 0 Å². The van der Waals surface area contributed by atoms with Gasteiger partial charge in [-0.15, -0.1) is 0 Å². The first-order valence-electron chi connectivity index (χ1n) is 6.85. The van der Waals surface area contributed by atoms with Crippen LogP contribution in [0.5, 0.6) is 0 Å². The van der Waals surface area contributed by atoms with Crippen LogP contribution in [0.25, 0.3) is 0 Å². The van der Waals surface area contributed by atoms with E-state index in [0.717, 1.165) is 12.8 Å². The van der Waals surface area contributed by atoms with Gasteiger partial charge < -0.3 is 16.2 Å². The highest BCUT2D eigenvalue weighted by Gasteiger charge is 2.16. The molecule has 0 spiro atoms. The van der Waals surface area contributed by atoms with Crippen molar-refractivity contribution in [3.63, 3.8) is 0 Å². The standard InChI is InChI=1S/C15H22N2O3/c1-3-10(4-2)13(18)9-17-15(20)12-7-5-11(6-8-12)14(16)19/h5-8,10,13,18H,3-4,9H2,1-2H3,(H2,16,19)(H,17,20). The number of rotatable bonds is 7. The molecule has 0 aliphatic heterocycles. The van der Waals surface area contributed by atoms with Crippen molar-refractivity contribution in [2.75, 3.05) is 6.54 Å². The summed E-state index contributed by atoms with van der Waals surface area (Å²) in [6.07, 6.45) is 1.21. The van der Waals surface area contributed by atoms with Crippen molar-refractivity contribution in [2.24, 2.45) is 11.7 Å². The van der Waals surface area contributed by atoms with Crippen molar-refractivity contribution in [1.82, 2.24) is 5.32 Å². The predicted molar refractivity (Wildman–Crippen MR) is 77.4 cm³/mol. The molecule has 1 rings (SSSR count). The van der Waals surface area contributed by atoms with Crippen LogP contribution in [0.1, 0.15) is 47.4 Å². The Morgan fingerprint density at radius 1 is 1.15 bits per heavy atom. The summed E-state index contributed by atoms with van der Waals surface area (Å²) in [5.74, 6) is -0.611. The number of primary amides is 1. The molecule has 0 heterocycles. The fourth-order valence-electron chi connectivity index (χ4n) is 2.08. The molecule has 1 atom stereocenters. The summed E-state index contributed by atoms with van der Waals surface area (Å²) in [6, 6.07) is 6.10. The molecule has 1 aromatic carbocycles. The van der Waals surface area contributed by atoms with Gasteiger partial charge in [-0.25, -0.2) is 0 Å². The predicted octanol–water partition coefficient (Wildman–Crippen LogP) is 1.31. The third kappa shape index (κ3) is 4.35. The molecule has 5 heteroatoms. The van der Waals surface area contributed by atoms with E-state index in [1.165, 1.54) is 12.1 Å². The lowest BCUT2D eigenvalue weighted by atomic mass is 9.96.